The molecule has 0 spiro atoms. The summed E-state index contributed by atoms with van der Waals surface area (Å²) >= 11 is 0. The van der Waals surface area contributed by atoms with Crippen LogP contribution in [0.5, 0.6) is 5.75 Å². The molecule has 0 fully saturated rings. The Balaban J connectivity index is 2.22. The fourth-order valence-corrected chi connectivity index (χ4v) is 2.51. The third kappa shape index (κ3) is 5.14. The van der Waals surface area contributed by atoms with Crippen molar-refractivity contribution in [2.45, 2.75) is 33.2 Å². The fourth-order valence-electron chi connectivity index (χ4n) is 2.51. The highest BCUT2D eigenvalue weighted by Gasteiger charge is 2.14. The molecule has 5 nitrogen and oxygen atoms in total. The number of halogens is 1. The molecule has 6 heteroatoms. The van der Waals surface area contributed by atoms with Crippen LogP contribution >= 0.6 is 0 Å². The van der Waals surface area contributed by atoms with E-state index in [2.05, 4.69) is 5.32 Å². The number of carbonyl (C=O) groups excluding carboxylic acids is 2. The predicted molar refractivity (Wildman–Crippen MR) is 99.4 cm³/mol. The van der Waals surface area contributed by atoms with Gasteiger partial charge in [-0.25, -0.2) is 4.39 Å². The number of esters is 1. The minimum atomic E-state index is -0.778. The Morgan fingerprint density at radius 3 is 2.48 bits per heavy atom. The number of nitriles is 1. The molecule has 2 rings (SSSR count). The normalized spacial score (nSPS) is 11.6. The average Bonchev–Trinajstić information content (AvgIpc) is 2.64. The minimum Gasteiger partial charge on any atom is -0.426 e. The van der Waals surface area contributed by atoms with E-state index in [1.807, 2.05) is 19.1 Å². The van der Waals surface area contributed by atoms with Gasteiger partial charge in [-0.1, -0.05) is 32.0 Å². The minimum absolute atomic E-state index is 0.0878. The van der Waals surface area contributed by atoms with Crippen LogP contribution in [0, 0.1) is 30.0 Å². The molecule has 2 aromatic rings. The molecule has 0 radical (unpaired) electrons. The second-order valence-corrected chi connectivity index (χ2v) is 6.53. The number of amides is 1. The lowest BCUT2D eigenvalue weighted by Crippen LogP contribution is -2.28. The Morgan fingerprint density at radius 1 is 1.26 bits per heavy atom. The lowest BCUT2D eigenvalue weighted by Gasteiger charge is -2.12. The number of nitrogens with zero attached hydrogens (tertiary/aromatic N) is 1. The highest BCUT2D eigenvalue weighted by atomic mass is 19.1. The van der Waals surface area contributed by atoms with E-state index < -0.39 is 11.9 Å². The Morgan fingerprint density at radius 2 is 1.93 bits per heavy atom. The maximum Gasteiger partial charge on any atom is 0.313 e. The van der Waals surface area contributed by atoms with Crippen LogP contribution in [-0.4, -0.2) is 18.4 Å². The van der Waals surface area contributed by atoms with Gasteiger partial charge in [0.25, 0.3) is 0 Å². The van der Waals surface area contributed by atoms with Crippen molar-refractivity contribution < 1.29 is 18.7 Å². The SMILES string of the molecule is Cc1cc(-c2ccc(C[C@@H](C#N)NC=O)c(F)c2)ccc1OC(=O)C(C)C. The van der Waals surface area contributed by atoms with Crippen molar-refractivity contribution in [2.24, 2.45) is 5.92 Å². The van der Waals surface area contributed by atoms with Crippen molar-refractivity contribution >= 4 is 12.4 Å². The molecule has 0 saturated heterocycles. The van der Waals surface area contributed by atoms with E-state index >= 15 is 0 Å². The number of aryl methyl sites for hydroxylation is 1. The zero-order valence-electron chi connectivity index (χ0n) is 15.5. The van der Waals surface area contributed by atoms with Crippen LogP contribution in [0.2, 0.25) is 0 Å². The highest BCUT2D eigenvalue weighted by molar-refractivity contribution is 5.75. The number of carbonyl (C=O) groups is 2. The number of hydrogen-bond acceptors (Lipinski definition) is 4. The van der Waals surface area contributed by atoms with Gasteiger partial charge in [-0.05, 0) is 47.4 Å². The van der Waals surface area contributed by atoms with E-state index in [1.165, 1.54) is 6.07 Å². The second-order valence-electron chi connectivity index (χ2n) is 6.53. The summed E-state index contributed by atoms with van der Waals surface area (Å²) in [4.78, 5) is 22.2. The summed E-state index contributed by atoms with van der Waals surface area (Å²) in [6.07, 6.45) is 0.515. The predicted octanol–water partition coefficient (Wildman–Crippen LogP) is 3.54. The summed E-state index contributed by atoms with van der Waals surface area (Å²) in [6.45, 7) is 5.34. The lowest BCUT2D eigenvalue weighted by atomic mass is 9.99. The van der Waals surface area contributed by atoms with Crippen molar-refractivity contribution in [1.82, 2.24) is 5.32 Å². The van der Waals surface area contributed by atoms with Gasteiger partial charge in [0.05, 0.1) is 12.0 Å². The molecule has 1 amide bonds. The topological polar surface area (TPSA) is 79.2 Å². The molecule has 1 N–H and O–H groups in total. The molecule has 2 aromatic carbocycles. The van der Waals surface area contributed by atoms with Crippen molar-refractivity contribution in [3.05, 3.63) is 53.3 Å². The van der Waals surface area contributed by atoms with E-state index in [4.69, 9.17) is 10.00 Å². The molecule has 0 aliphatic rings. The van der Waals surface area contributed by atoms with Crippen LogP contribution in [0.15, 0.2) is 36.4 Å². The summed E-state index contributed by atoms with van der Waals surface area (Å²) in [5, 5.41) is 11.3. The largest absolute Gasteiger partial charge is 0.426 e. The molecule has 0 aliphatic heterocycles. The Kier molecular flexibility index (Phi) is 6.67. The van der Waals surface area contributed by atoms with E-state index in [9.17, 15) is 14.0 Å². The molecule has 0 saturated carbocycles. The number of benzene rings is 2. The second kappa shape index (κ2) is 8.95. The average molecular weight is 368 g/mol. The molecule has 27 heavy (non-hydrogen) atoms. The molecule has 0 heterocycles. The van der Waals surface area contributed by atoms with Crippen LogP contribution in [-0.2, 0) is 16.0 Å². The number of nitrogens with one attached hydrogen (secondary N) is 1. The van der Waals surface area contributed by atoms with Crippen molar-refractivity contribution in [1.29, 1.82) is 5.26 Å². The molecule has 0 unspecified atom stereocenters. The maximum absolute atomic E-state index is 14.4. The molecular formula is C21H21FN2O3. The van der Waals surface area contributed by atoms with Gasteiger partial charge in [0, 0.05) is 6.42 Å². The first-order valence-corrected chi connectivity index (χ1v) is 8.56. The first kappa shape index (κ1) is 20.1. The number of hydrogen-bond donors (Lipinski definition) is 1. The van der Waals surface area contributed by atoms with Crippen LogP contribution in [0.3, 0.4) is 0 Å². The summed E-state index contributed by atoms with van der Waals surface area (Å²) < 4.78 is 19.8. The van der Waals surface area contributed by atoms with Crippen LogP contribution < -0.4 is 10.1 Å². The molecule has 1 atom stereocenters. The van der Waals surface area contributed by atoms with Crippen LogP contribution in [0.25, 0.3) is 11.1 Å². The van der Waals surface area contributed by atoms with Gasteiger partial charge in [-0.3, -0.25) is 9.59 Å². The fraction of sp³-hybridized carbons (Fsp3) is 0.286. The first-order chi connectivity index (χ1) is 12.8. The zero-order chi connectivity index (χ0) is 20.0. The summed E-state index contributed by atoms with van der Waals surface area (Å²) in [7, 11) is 0. The first-order valence-electron chi connectivity index (χ1n) is 8.56. The van der Waals surface area contributed by atoms with Gasteiger partial charge in [0.1, 0.15) is 17.6 Å². The van der Waals surface area contributed by atoms with Gasteiger partial charge >= 0.3 is 5.97 Å². The van der Waals surface area contributed by atoms with E-state index in [1.54, 1.807) is 38.1 Å². The van der Waals surface area contributed by atoms with Gasteiger partial charge < -0.3 is 10.1 Å². The molecule has 140 valence electrons. The number of rotatable bonds is 7. The number of ether oxygens (including phenoxy) is 1. The van der Waals surface area contributed by atoms with Crippen LogP contribution in [0.1, 0.15) is 25.0 Å². The smallest absolute Gasteiger partial charge is 0.313 e. The molecule has 0 bridgehead atoms. The Labute approximate surface area is 157 Å². The molecule has 0 aromatic heterocycles. The van der Waals surface area contributed by atoms with E-state index in [-0.39, 0.29) is 18.3 Å². The maximum atomic E-state index is 14.4. The van der Waals surface area contributed by atoms with E-state index in [0.29, 0.717) is 23.3 Å². The molecular weight excluding hydrogens is 347 g/mol. The quantitative estimate of drug-likeness (QED) is 0.460. The van der Waals surface area contributed by atoms with Gasteiger partial charge in [0.15, 0.2) is 0 Å². The third-order valence-electron chi connectivity index (χ3n) is 4.09. The van der Waals surface area contributed by atoms with Crippen molar-refractivity contribution in [2.75, 3.05) is 0 Å². The Hall–Kier alpha value is -3.20. The van der Waals surface area contributed by atoms with Gasteiger partial charge in [-0.2, -0.15) is 5.26 Å². The van der Waals surface area contributed by atoms with Crippen LogP contribution in [0.4, 0.5) is 4.39 Å². The van der Waals surface area contributed by atoms with Crippen molar-refractivity contribution in [3.63, 3.8) is 0 Å². The van der Waals surface area contributed by atoms with E-state index in [0.717, 1.165) is 11.1 Å². The highest BCUT2D eigenvalue weighted by Crippen LogP contribution is 2.28. The van der Waals surface area contributed by atoms with Gasteiger partial charge in [0.2, 0.25) is 6.41 Å². The summed E-state index contributed by atoms with van der Waals surface area (Å²) in [6, 6.07) is 11.1. The standard InChI is InChI=1S/C21H21FN2O3/c1-13(2)21(26)27-20-7-6-15(8-14(20)3)16-4-5-17(19(22)10-16)9-18(11-23)24-12-25/h4-8,10,12-13,18H,9H2,1-3H3,(H,24,25)/t18-/m0/s1. The molecule has 0 aliphatic carbocycles. The zero-order valence-corrected chi connectivity index (χ0v) is 15.5. The summed E-state index contributed by atoms with van der Waals surface area (Å²) in [5.74, 6) is -0.506. The third-order valence-corrected chi connectivity index (χ3v) is 4.09. The summed E-state index contributed by atoms with van der Waals surface area (Å²) in [5.41, 5.74) is 2.56. The van der Waals surface area contributed by atoms with Crippen molar-refractivity contribution in [3.8, 4) is 22.9 Å². The lowest BCUT2D eigenvalue weighted by molar-refractivity contribution is -0.137. The Bertz CT molecular complexity index is 887. The van der Waals surface area contributed by atoms with Gasteiger partial charge in [-0.15, -0.1) is 0 Å². The monoisotopic (exact) mass is 368 g/mol.